The van der Waals surface area contributed by atoms with Crippen molar-refractivity contribution in [3.8, 4) is 16.9 Å². The molecule has 0 bridgehead atoms. The van der Waals surface area contributed by atoms with E-state index < -0.39 is 5.82 Å². The molecule has 0 saturated heterocycles. The second-order valence-electron chi connectivity index (χ2n) is 8.12. The highest BCUT2D eigenvalue weighted by Crippen LogP contribution is 2.31. The number of carbonyl (C=O) groups is 1. The highest BCUT2D eigenvalue weighted by Gasteiger charge is 2.23. The van der Waals surface area contributed by atoms with Crippen molar-refractivity contribution in [2.75, 3.05) is 13.2 Å². The van der Waals surface area contributed by atoms with Gasteiger partial charge in [-0.25, -0.2) is 9.37 Å². The highest BCUT2D eigenvalue weighted by atomic mass is 19.1. The first-order valence-corrected chi connectivity index (χ1v) is 10.8. The monoisotopic (exact) mass is 429 g/mol. The van der Waals surface area contributed by atoms with Gasteiger partial charge in [-0.3, -0.25) is 4.79 Å². The molecule has 0 unspecified atom stereocenters. The van der Waals surface area contributed by atoms with Crippen molar-refractivity contribution in [3.05, 3.63) is 82.9 Å². The number of hydrogen-bond donors (Lipinski definition) is 1. The molecule has 32 heavy (non-hydrogen) atoms. The molecule has 1 amide bonds. The summed E-state index contributed by atoms with van der Waals surface area (Å²) in [7, 11) is 0. The highest BCUT2D eigenvalue weighted by molar-refractivity contribution is 5.94. The predicted molar refractivity (Wildman–Crippen MR) is 122 cm³/mol. The summed E-state index contributed by atoms with van der Waals surface area (Å²) in [6, 6.07) is 16.9. The number of nitrogens with one attached hydrogen (secondary N) is 1. The molecule has 6 heteroatoms. The largest absolute Gasteiger partial charge is 0.491 e. The number of H-pyrrole nitrogens is 1. The molecule has 0 atom stereocenters. The number of carbonyl (C=O) groups excluding carboxylic acids is 1. The summed E-state index contributed by atoms with van der Waals surface area (Å²) < 4.78 is 20.5. The van der Waals surface area contributed by atoms with E-state index in [1.165, 1.54) is 6.07 Å². The van der Waals surface area contributed by atoms with Crippen molar-refractivity contribution >= 4 is 16.9 Å². The van der Waals surface area contributed by atoms with Crippen LogP contribution in [0.15, 0.2) is 54.6 Å². The molecular formula is C26H24FN3O2. The third-order valence-corrected chi connectivity index (χ3v) is 5.93. The lowest BCUT2D eigenvalue weighted by atomic mass is 10.0. The lowest BCUT2D eigenvalue weighted by Gasteiger charge is -2.20. The van der Waals surface area contributed by atoms with E-state index in [0.29, 0.717) is 19.7 Å². The van der Waals surface area contributed by atoms with Crippen molar-refractivity contribution in [1.82, 2.24) is 14.9 Å². The molecule has 4 aromatic rings. The van der Waals surface area contributed by atoms with Gasteiger partial charge in [-0.05, 0) is 66.4 Å². The number of hydrogen-bond acceptors (Lipinski definition) is 3. The SMILES string of the molecule is CCc1ccc(C(=O)N2CCOc3ccc(-c4ccc5nc(C)[nH]c5c4)cc3C2)c(F)c1. The molecule has 0 radical (unpaired) electrons. The van der Waals surface area contributed by atoms with E-state index in [1.807, 2.05) is 50.2 Å². The van der Waals surface area contributed by atoms with Gasteiger partial charge in [0.15, 0.2) is 0 Å². The molecule has 5 rings (SSSR count). The van der Waals surface area contributed by atoms with E-state index in [1.54, 1.807) is 11.0 Å². The van der Waals surface area contributed by atoms with Crippen molar-refractivity contribution in [3.63, 3.8) is 0 Å². The number of nitrogens with zero attached hydrogens (tertiary/aromatic N) is 2. The number of benzene rings is 3. The minimum Gasteiger partial charge on any atom is -0.491 e. The van der Waals surface area contributed by atoms with Crippen molar-refractivity contribution in [2.45, 2.75) is 26.8 Å². The zero-order chi connectivity index (χ0) is 22.2. The minimum absolute atomic E-state index is 0.0990. The summed E-state index contributed by atoms with van der Waals surface area (Å²) in [6.45, 7) is 5.03. The lowest BCUT2D eigenvalue weighted by Crippen LogP contribution is -2.33. The number of amides is 1. The van der Waals surface area contributed by atoms with Gasteiger partial charge in [-0.2, -0.15) is 0 Å². The summed E-state index contributed by atoms with van der Waals surface area (Å²) in [6.07, 6.45) is 0.725. The van der Waals surface area contributed by atoms with E-state index in [0.717, 1.165) is 51.3 Å². The van der Waals surface area contributed by atoms with Crippen LogP contribution in [0.3, 0.4) is 0 Å². The average molecular weight is 429 g/mol. The standard InChI is InChI=1S/C26H24FN3O2/c1-3-17-4-7-21(22(27)12-17)26(31)30-10-11-32-25-9-6-18(13-20(25)15-30)19-5-8-23-24(14-19)29-16(2)28-23/h4-9,12-14H,3,10-11,15H2,1-2H3,(H,28,29). The molecule has 1 aromatic heterocycles. The number of ether oxygens (including phenoxy) is 1. The Morgan fingerprint density at radius 1 is 1.12 bits per heavy atom. The third-order valence-electron chi connectivity index (χ3n) is 5.93. The van der Waals surface area contributed by atoms with Crippen molar-refractivity contribution in [2.24, 2.45) is 0 Å². The first kappa shape index (κ1) is 20.2. The Kier molecular flexibility index (Phi) is 5.13. The quantitative estimate of drug-likeness (QED) is 0.482. The van der Waals surface area contributed by atoms with Gasteiger partial charge >= 0.3 is 0 Å². The number of rotatable bonds is 3. The Hall–Kier alpha value is -3.67. The number of aromatic amines is 1. The molecule has 1 N–H and O–H groups in total. The maximum atomic E-state index is 14.6. The molecule has 1 aliphatic rings. The molecule has 162 valence electrons. The van der Waals surface area contributed by atoms with Gasteiger partial charge in [-0.1, -0.05) is 25.1 Å². The van der Waals surface area contributed by atoms with Gasteiger partial charge < -0.3 is 14.6 Å². The first-order valence-electron chi connectivity index (χ1n) is 10.8. The third kappa shape index (κ3) is 3.73. The Balaban J connectivity index is 1.45. The fourth-order valence-electron chi connectivity index (χ4n) is 4.19. The normalized spacial score (nSPS) is 13.5. The van der Waals surface area contributed by atoms with Gasteiger partial charge in [-0.15, -0.1) is 0 Å². The second kappa shape index (κ2) is 8.11. The van der Waals surface area contributed by atoms with Crippen LogP contribution in [0.4, 0.5) is 4.39 Å². The van der Waals surface area contributed by atoms with E-state index in [-0.39, 0.29) is 11.5 Å². The Morgan fingerprint density at radius 3 is 2.75 bits per heavy atom. The van der Waals surface area contributed by atoms with Crippen LogP contribution in [-0.2, 0) is 13.0 Å². The number of aromatic nitrogens is 2. The number of fused-ring (bicyclic) bond motifs is 2. The molecule has 0 spiro atoms. The smallest absolute Gasteiger partial charge is 0.257 e. The molecular weight excluding hydrogens is 405 g/mol. The van der Waals surface area contributed by atoms with E-state index in [2.05, 4.69) is 16.0 Å². The topological polar surface area (TPSA) is 58.2 Å². The van der Waals surface area contributed by atoms with Crippen molar-refractivity contribution < 1.29 is 13.9 Å². The molecule has 0 aliphatic carbocycles. The summed E-state index contributed by atoms with van der Waals surface area (Å²) in [5, 5.41) is 0. The fraction of sp³-hybridized carbons (Fsp3) is 0.231. The summed E-state index contributed by atoms with van der Waals surface area (Å²) in [4.78, 5) is 22.5. The zero-order valence-electron chi connectivity index (χ0n) is 18.1. The first-order chi connectivity index (χ1) is 15.5. The predicted octanol–water partition coefficient (Wildman–Crippen LogP) is 5.27. The Labute approximate surface area is 185 Å². The van der Waals surface area contributed by atoms with E-state index in [4.69, 9.17) is 4.74 Å². The summed E-state index contributed by atoms with van der Waals surface area (Å²) >= 11 is 0. The van der Waals surface area contributed by atoms with Crippen LogP contribution in [0.5, 0.6) is 5.75 Å². The number of imidazole rings is 1. The zero-order valence-corrected chi connectivity index (χ0v) is 18.1. The molecule has 0 fully saturated rings. The summed E-state index contributed by atoms with van der Waals surface area (Å²) in [5.41, 5.74) is 5.85. The molecule has 0 saturated carbocycles. The van der Waals surface area contributed by atoms with Crippen LogP contribution in [0.2, 0.25) is 0 Å². The molecule has 3 aromatic carbocycles. The van der Waals surface area contributed by atoms with Gasteiger partial charge in [0.2, 0.25) is 0 Å². The lowest BCUT2D eigenvalue weighted by molar-refractivity contribution is 0.0728. The van der Waals surface area contributed by atoms with Gasteiger partial charge in [0, 0.05) is 12.1 Å². The van der Waals surface area contributed by atoms with Crippen LogP contribution in [-0.4, -0.2) is 33.9 Å². The van der Waals surface area contributed by atoms with Gasteiger partial charge in [0.05, 0.1) is 23.1 Å². The molecule has 2 heterocycles. The Bertz CT molecular complexity index is 1330. The summed E-state index contributed by atoms with van der Waals surface area (Å²) in [5.74, 6) is 0.836. The van der Waals surface area contributed by atoms with E-state index in [9.17, 15) is 9.18 Å². The number of halogens is 1. The molecule has 1 aliphatic heterocycles. The minimum atomic E-state index is -0.475. The fourth-order valence-corrected chi connectivity index (χ4v) is 4.19. The van der Waals surface area contributed by atoms with Crippen molar-refractivity contribution in [1.29, 1.82) is 0 Å². The van der Waals surface area contributed by atoms with Crippen LogP contribution in [0, 0.1) is 12.7 Å². The molecule has 5 nitrogen and oxygen atoms in total. The van der Waals surface area contributed by atoms with Crippen LogP contribution < -0.4 is 4.74 Å². The van der Waals surface area contributed by atoms with Gasteiger partial charge in [0.25, 0.3) is 5.91 Å². The maximum absolute atomic E-state index is 14.6. The maximum Gasteiger partial charge on any atom is 0.257 e. The number of aryl methyl sites for hydroxylation is 2. The second-order valence-corrected chi connectivity index (χ2v) is 8.12. The van der Waals surface area contributed by atoms with Crippen LogP contribution in [0.1, 0.15) is 34.2 Å². The Morgan fingerprint density at radius 2 is 1.94 bits per heavy atom. The van der Waals surface area contributed by atoms with Crippen LogP contribution in [0.25, 0.3) is 22.2 Å². The average Bonchev–Trinajstić information content (AvgIpc) is 3.04. The van der Waals surface area contributed by atoms with Gasteiger partial charge in [0.1, 0.15) is 24.0 Å². The van der Waals surface area contributed by atoms with Crippen LogP contribution >= 0.6 is 0 Å². The van der Waals surface area contributed by atoms with E-state index >= 15 is 0 Å².